The van der Waals surface area contributed by atoms with Gasteiger partial charge < -0.3 is 9.80 Å². The van der Waals surface area contributed by atoms with Crippen LogP contribution in [0, 0.1) is 0 Å². The smallest absolute Gasteiger partial charge is 0.181 e. The number of thiophene rings is 1. The first-order chi connectivity index (χ1) is 11.3. The normalized spacial score (nSPS) is 16.3. The second-order valence-electron chi connectivity index (χ2n) is 6.01. The van der Waals surface area contributed by atoms with E-state index in [1.54, 1.807) is 11.3 Å². The fourth-order valence-corrected chi connectivity index (χ4v) is 3.76. The van der Waals surface area contributed by atoms with Crippen LogP contribution in [0.1, 0.15) is 12.6 Å². The average Bonchev–Trinajstić information content (AvgIpc) is 3.24. The molecule has 0 aliphatic carbocycles. The van der Waals surface area contributed by atoms with Crippen molar-refractivity contribution in [1.82, 2.24) is 19.3 Å². The maximum atomic E-state index is 4.85. The van der Waals surface area contributed by atoms with Crippen LogP contribution in [-0.2, 0) is 6.42 Å². The minimum Gasteiger partial charge on any atom is -0.351 e. The number of imidazole rings is 1. The summed E-state index contributed by atoms with van der Waals surface area (Å²) in [6, 6.07) is 4.22. The number of nitrogens with zero attached hydrogens (tertiary/aromatic N) is 5. The second kappa shape index (κ2) is 5.94. The molecule has 3 aromatic heterocycles. The van der Waals surface area contributed by atoms with Gasteiger partial charge in [-0.1, -0.05) is 13.0 Å². The Balaban J connectivity index is 1.83. The number of hydrogen-bond acceptors (Lipinski definition) is 5. The Bertz CT molecular complexity index is 800. The van der Waals surface area contributed by atoms with E-state index < -0.39 is 0 Å². The molecule has 1 aliphatic rings. The highest BCUT2D eigenvalue weighted by atomic mass is 32.1. The summed E-state index contributed by atoms with van der Waals surface area (Å²) >= 11 is 1.74. The van der Waals surface area contributed by atoms with Gasteiger partial charge in [-0.15, -0.1) is 11.3 Å². The average molecular weight is 327 g/mol. The molecule has 0 saturated carbocycles. The maximum Gasteiger partial charge on any atom is 0.181 e. The third kappa shape index (κ3) is 2.62. The Labute approximate surface area is 140 Å². The van der Waals surface area contributed by atoms with Gasteiger partial charge in [-0.25, -0.2) is 9.97 Å². The fraction of sp³-hybridized carbons (Fsp3) is 0.412. The highest BCUT2D eigenvalue weighted by Gasteiger charge is 2.20. The molecule has 3 aromatic rings. The molecule has 0 amide bonds. The zero-order valence-corrected chi connectivity index (χ0v) is 14.4. The van der Waals surface area contributed by atoms with Crippen molar-refractivity contribution in [2.24, 2.45) is 0 Å². The number of aromatic nitrogens is 3. The lowest BCUT2D eigenvalue weighted by molar-refractivity contribution is 0.312. The Kier molecular flexibility index (Phi) is 3.79. The van der Waals surface area contributed by atoms with E-state index >= 15 is 0 Å². The molecule has 0 aromatic carbocycles. The van der Waals surface area contributed by atoms with Gasteiger partial charge >= 0.3 is 0 Å². The topological polar surface area (TPSA) is 36.7 Å². The molecule has 0 bridgehead atoms. The van der Waals surface area contributed by atoms with Crippen LogP contribution >= 0.6 is 11.3 Å². The molecule has 120 valence electrons. The van der Waals surface area contributed by atoms with Gasteiger partial charge in [0.15, 0.2) is 11.5 Å². The van der Waals surface area contributed by atoms with Crippen LogP contribution < -0.4 is 4.90 Å². The van der Waals surface area contributed by atoms with Gasteiger partial charge in [-0.3, -0.25) is 4.40 Å². The molecule has 0 radical (unpaired) electrons. The van der Waals surface area contributed by atoms with E-state index in [1.807, 2.05) is 6.20 Å². The number of piperazine rings is 1. The highest BCUT2D eigenvalue weighted by Crippen LogP contribution is 2.29. The lowest BCUT2D eigenvalue weighted by atomic mass is 10.3. The number of likely N-dealkylation sites (N-methyl/N-ethyl adjacent to an activating group) is 1. The monoisotopic (exact) mass is 327 g/mol. The third-order valence-electron chi connectivity index (χ3n) is 4.46. The van der Waals surface area contributed by atoms with E-state index in [0.29, 0.717) is 0 Å². The van der Waals surface area contributed by atoms with Gasteiger partial charge in [0.2, 0.25) is 0 Å². The molecule has 23 heavy (non-hydrogen) atoms. The molecular weight excluding hydrogens is 306 g/mol. The van der Waals surface area contributed by atoms with Crippen LogP contribution in [0.4, 0.5) is 5.82 Å². The lowest BCUT2D eigenvalue weighted by Gasteiger charge is -2.33. The zero-order valence-electron chi connectivity index (χ0n) is 13.6. The summed E-state index contributed by atoms with van der Waals surface area (Å²) in [5, 5.41) is 2.10. The molecular formula is C17H21N5S. The zero-order chi connectivity index (χ0) is 15.8. The van der Waals surface area contributed by atoms with Crippen molar-refractivity contribution in [3.63, 3.8) is 0 Å². The minimum atomic E-state index is 0.938. The van der Waals surface area contributed by atoms with Gasteiger partial charge in [-0.05, 0) is 24.9 Å². The quantitative estimate of drug-likeness (QED) is 0.741. The predicted octanol–water partition coefficient (Wildman–Crippen LogP) is 2.77. The van der Waals surface area contributed by atoms with Gasteiger partial charge in [0.1, 0.15) is 0 Å². The molecule has 6 heteroatoms. The number of aryl methyl sites for hydroxylation is 1. The second-order valence-corrected chi connectivity index (χ2v) is 6.96. The summed E-state index contributed by atoms with van der Waals surface area (Å²) in [7, 11) is 2.17. The standard InChI is InChI=1S/C17H21N5S/c1-3-13-12-22-14(15-5-4-10-23-15)11-18-16(17(22)19-13)21-8-6-20(2)7-9-21/h4-5,10-12H,3,6-9H2,1-2H3. The van der Waals surface area contributed by atoms with Crippen LogP contribution in [0.25, 0.3) is 16.2 Å². The van der Waals surface area contributed by atoms with Crippen LogP contribution in [-0.4, -0.2) is 52.5 Å². The van der Waals surface area contributed by atoms with Crippen molar-refractivity contribution < 1.29 is 0 Å². The van der Waals surface area contributed by atoms with E-state index in [9.17, 15) is 0 Å². The summed E-state index contributed by atoms with van der Waals surface area (Å²) in [5.41, 5.74) is 3.23. The summed E-state index contributed by atoms with van der Waals surface area (Å²) < 4.78 is 2.21. The third-order valence-corrected chi connectivity index (χ3v) is 5.36. The summed E-state index contributed by atoms with van der Waals surface area (Å²) in [5.74, 6) is 1.01. The molecule has 1 fully saturated rings. The molecule has 5 nitrogen and oxygen atoms in total. The molecule has 1 saturated heterocycles. The SMILES string of the molecule is CCc1cn2c(-c3cccs3)cnc(N3CCN(C)CC3)c2n1. The first-order valence-corrected chi connectivity index (χ1v) is 8.98. The van der Waals surface area contributed by atoms with Crippen molar-refractivity contribution in [3.8, 4) is 10.6 Å². The largest absolute Gasteiger partial charge is 0.351 e. The molecule has 0 atom stereocenters. The highest BCUT2D eigenvalue weighted by molar-refractivity contribution is 7.13. The first-order valence-electron chi connectivity index (χ1n) is 8.10. The number of hydrogen-bond donors (Lipinski definition) is 0. The Hall–Kier alpha value is -1.92. The van der Waals surface area contributed by atoms with Crippen molar-refractivity contribution in [2.75, 3.05) is 38.1 Å². The summed E-state index contributed by atoms with van der Waals surface area (Å²) in [6.45, 7) is 6.30. The van der Waals surface area contributed by atoms with Crippen LogP contribution in [0.15, 0.2) is 29.9 Å². The van der Waals surface area contributed by atoms with E-state index in [0.717, 1.165) is 55.5 Å². The summed E-state index contributed by atoms with van der Waals surface area (Å²) in [6.07, 6.45) is 5.09. The van der Waals surface area contributed by atoms with Crippen molar-refractivity contribution in [2.45, 2.75) is 13.3 Å². The Morgan fingerprint density at radius 2 is 2.04 bits per heavy atom. The fourth-order valence-electron chi connectivity index (χ4n) is 3.03. The van der Waals surface area contributed by atoms with Crippen LogP contribution in [0.2, 0.25) is 0 Å². The van der Waals surface area contributed by atoms with Gasteiger partial charge in [-0.2, -0.15) is 0 Å². The van der Waals surface area contributed by atoms with Crippen LogP contribution in [0.5, 0.6) is 0 Å². The molecule has 1 aliphatic heterocycles. The number of fused-ring (bicyclic) bond motifs is 1. The van der Waals surface area contributed by atoms with Crippen molar-refractivity contribution in [3.05, 3.63) is 35.6 Å². The maximum absolute atomic E-state index is 4.85. The van der Waals surface area contributed by atoms with E-state index in [-0.39, 0.29) is 0 Å². The molecule has 0 spiro atoms. The van der Waals surface area contributed by atoms with E-state index in [1.165, 1.54) is 4.88 Å². The number of anilines is 1. The molecule has 4 rings (SSSR count). The van der Waals surface area contributed by atoms with Crippen LogP contribution in [0.3, 0.4) is 0 Å². The van der Waals surface area contributed by atoms with Crippen molar-refractivity contribution >= 4 is 22.8 Å². The Morgan fingerprint density at radius 1 is 1.22 bits per heavy atom. The van der Waals surface area contributed by atoms with E-state index in [4.69, 9.17) is 9.97 Å². The molecule has 0 unspecified atom stereocenters. The van der Waals surface area contributed by atoms with Gasteiger partial charge in [0, 0.05) is 32.4 Å². The van der Waals surface area contributed by atoms with E-state index in [2.05, 4.69) is 51.9 Å². The Morgan fingerprint density at radius 3 is 2.74 bits per heavy atom. The van der Waals surface area contributed by atoms with Crippen molar-refractivity contribution in [1.29, 1.82) is 0 Å². The number of rotatable bonds is 3. The van der Waals surface area contributed by atoms with Gasteiger partial charge in [0.05, 0.1) is 22.5 Å². The van der Waals surface area contributed by atoms with Gasteiger partial charge in [0.25, 0.3) is 0 Å². The molecule has 0 N–H and O–H groups in total. The minimum absolute atomic E-state index is 0.938. The predicted molar refractivity (Wildman–Crippen MR) is 95.4 cm³/mol. The first kappa shape index (κ1) is 14.7. The lowest BCUT2D eigenvalue weighted by Crippen LogP contribution is -2.45. The molecule has 4 heterocycles. The summed E-state index contributed by atoms with van der Waals surface area (Å²) in [4.78, 5) is 15.6.